The summed E-state index contributed by atoms with van der Waals surface area (Å²) in [6.07, 6.45) is 7.36. The lowest BCUT2D eigenvalue weighted by Crippen LogP contribution is -2.58. The van der Waals surface area contributed by atoms with Crippen LogP contribution in [-0.2, 0) is 16.0 Å². The smallest absolute Gasteiger partial charge is 0.251 e. The molecule has 3 heterocycles. The third kappa shape index (κ3) is 3.92. The Labute approximate surface area is 170 Å². The van der Waals surface area contributed by atoms with Crippen molar-refractivity contribution in [3.8, 4) is 0 Å². The first-order valence-electron chi connectivity index (χ1n) is 9.89. The Kier molecular flexibility index (Phi) is 5.42. The van der Waals surface area contributed by atoms with Crippen LogP contribution in [0.15, 0.2) is 73.6 Å². The zero-order chi connectivity index (χ0) is 20.2. The minimum absolute atomic E-state index is 0.0806. The Bertz CT molecular complexity index is 995. The van der Waals surface area contributed by atoms with Gasteiger partial charge in [0.25, 0.3) is 5.91 Å². The van der Waals surface area contributed by atoms with Crippen molar-refractivity contribution in [2.24, 2.45) is 0 Å². The van der Waals surface area contributed by atoms with Gasteiger partial charge in [-0.3, -0.25) is 14.5 Å². The number of nitrogens with zero attached hydrogens (tertiary/aromatic N) is 4. The Morgan fingerprint density at radius 1 is 1.14 bits per heavy atom. The van der Waals surface area contributed by atoms with E-state index in [1.165, 1.54) is 11.6 Å². The molecule has 29 heavy (non-hydrogen) atoms. The molecule has 1 saturated heterocycles. The van der Waals surface area contributed by atoms with Crippen LogP contribution in [0.1, 0.15) is 18.4 Å². The number of fused-ring (bicyclic) bond motifs is 1. The standard InChI is InChI=1S/C23H24N4O2/c1-2-22(28)26-15-16-27(21-17-25-14-7-6-13-20(25)24-21)23(29)19(26)12-8-11-18-9-4-3-5-10-18/h2-7,9-10,13-14,17,19H,1,8,11-12,15-16H2. The molecular formula is C23H24N4O2. The maximum atomic E-state index is 13.3. The van der Waals surface area contributed by atoms with E-state index in [0.717, 1.165) is 18.5 Å². The van der Waals surface area contributed by atoms with Gasteiger partial charge in [-0.2, -0.15) is 0 Å². The first kappa shape index (κ1) is 18.9. The maximum absolute atomic E-state index is 13.3. The molecule has 148 valence electrons. The third-order valence-electron chi connectivity index (χ3n) is 5.36. The van der Waals surface area contributed by atoms with Crippen LogP contribution in [0.4, 0.5) is 5.82 Å². The van der Waals surface area contributed by atoms with Crippen LogP contribution in [0, 0.1) is 0 Å². The van der Waals surface area contributed by atoms with Gasteiger partial charge in [-0.1, -0.05) is 43.0 Å². The molecule has 6 heteroatoms. The fourth-order valence-corrected chi connectivity index (χ4v) is 3.87. The number of benzene rings is 1. The number of carbonyl (C=O) groups is 2. The van der Waals surface area contributed by atoms with Crippen LogP contribution in [0.25, 0.3) is 5.65 Å². The topological polar surface area (TPSA) is 57.9 Å². The van der Waals surface area contributed by atoms with E-state index in [-0.39, 0.29) is 11.8 Å². The normalized spacial score (nSPS) is 17.0. The first-order valence-corrected chi connectivity index (χ1v) is 9.89. The minimum atomic E-state index is -0.497. The number of hydrogen-bond acceptors (Lipinski definition) is 3. The summed E-state index contributed by atoms with van der Waals surface area (Å²) in [6.45, 7) is 4.50. The second-order valence-electron chi connectivity index (χ2n) is 7.18. The zero-order valence-corrected chi connectivity index (χ0v) is 16.3. The molecule has 4 rings (SSSR count). The van der Waals surface area contributed by atoms with Crippen LogP contribution in [-0.4, -0.2) is 45.2 Å². The molecule has 2 aromatic heterocycles. The average Bonchev–Trinajstić information content (AvgIpc) is 3.19. The van der Waals surface area contributed by atoms with Gasteiger partial charge < -0.3 is 9.30 Å². The number of amides is 2. The van der Waals surface area contributed by atoms with Crippen molar-refractivity contribution in [1.29, 1.82) is 0 Å². The van der Waals surface area contributed by atoms with Crippen molar-refractivity contribution in [2.45, 2.75) is 25.3 Å². The molecule has 6 nitrogen and oxygen atoms in total. The number of hydrogen-bond donors (Lipinski definition) is 0. The van der Waals surface area contributed by atoms with Crippen molar-refractivity contribution < 1.29 is 9.59 Å². The Hall–Kier alpha value is -3.41. The van der Waals surface area contributed by atoms with E-state index in [9.17, 15) is 9.59 Å². The van der Waals surface area contributed by atoms with E-state index in [1.807, 2.05) is 53.2 Å². The molecule has 1 aromatic carbocycles. The summed E-state index contributed by atoms with van der Waals surface area (Å²) in [5.41, 5.74) is 2.02. The third-order valence-corrected chi connectivity index (χ3v) is 5.36. The van der Waals surface area contributed by atoms with Crippen LogP contribution < -0.4 is 4.90 Å². The van der Waals surface area contributed by atoms with E-state index < -0.39 is 6.04 Å². The largest absolute Gasteiger partial charge is 0.325 e. The van der Waals surface area contributed by atoms with Gasteiger partial charge >= 0.3 is 0 Å². The number of aryl methyl sites for hydroxylation is 1. The van der Waals surface area contributed by atoms with Crippen molar-refractivity contribution in [3.05, 3.63) is 79.1 Å². The Balaban J connectivity index is 1.53. The number of pyridine rings is 1. The molecule has 1 unspecified atom stereocenters. The summed E-state index contributed by atoms with van der Waals surface area (Å²) in [4.78, 5) is 33.6. The number of anilines is 1. The van der Waals surface area contributed by atoms with Gasteiger partial charge in [0.15, 0.2) is 5.82 Å². The molecule has 3 aromatic rings. The fraction of sp³-hybridized carbons (Fsp3) is 0.261. The van der Waals surface area contributed by atoms with Gasteiger partial charge in [0, 0.05) is 19.3 Å². The van der Waals surface area contributed by atoms with Crippen LogP contribution >= 0.6 is 0 Å². The van der Waals surface area contributed by atoms with Gasteiger partial charge in [-0.25, -0.2) is 4.98 Å². The molecule has 1 aliphatic rings. The summed E-state index contributed by atoms with van der Waals surface area (Å²) >= 11 is 0. The summed E-state index contributed by atoms with van der Waals surface area (Å²) in [6, 6.07) is 15.4. The minimum Gasteiger partial charge on any atom is -0.325 e. The molecule has 2 amide bonds. The lowest BCUT2D eigenvalue weighted by Gasteiger charge is -2.39. The molecule has 1 aliphatic heterocycles. The molecule has 1 atom stereocenters. The maximum Gasteiger partial charge on any atom is 0.251 e. The molecule has 0 radical (unpaired) electrons. The lowest BCUT2D eigenvalue weighted by molar-refractivity contribution is -0.138. The first-order chi connectivity index (χ1) is 14.2. The van der Waals surface area contributed by atoms with E-state index in [4.69, 9.17) is 0 Å². The van der Waals surface area contributed by atoms with E-state index in [2.05, 4.69) is 23.7 Å². The van der Waals surface area contributed by atoms with Crippen molar-refractivity contribution >= 4 is 23.3 Å². The highest BCUT2D eigenvalue weighted by Gasteiger charge is 2.37. The number of carbonyl (C=O) groups excluding carboxylic acids is 2. The zero-order valence-electron chi connectivity index (χ0n) is 16.3. The van der Waals surface area contributed by atoms with Crippen molar-refractivity contribution in [2.75, 3.05) is 18.0 Å². The van der Waals surface area contributed by atoms with Gasteiger partial charge in [0.1, 0.15) is 11.7 Å². The van der Waals surface area contributed by atoms with E-state index in [0.29, 0.717) is 25.3 Å². The second-order valence-corrected chi connectivity index (χ2v) is 7.18. The Morgan fingerprint density at radius 3 is 2.69 bits per heavy atom. The molecule has 0 bridgehead atoms. The van der Waals surface area contributed by atoms with Gasteiger partial charge in [0.2, 0.25) is 5.91 Å². The lowest BCUT2D eigenvalue weighted by atomic mass is 10.0. The van der Waals surface area contributed by atoms with Gasteiger partial charge in [-0.15, -0.1) is 0 Å². The molecule has 0 saturated carbocycles. The summed E-state index contributed by atoms with van der Waals surface area (Å²) < 4.78 is 1.90. The molecular weight excluding hydrogens is 364 g/mol. The highest BCUT2D eigenvalue weighted by Crippen LogP contribution is 2.23. The van der Waals surface area contributed by atoms with Crippen LogP contribution in [0.2, 0.25) is 0 Å². The highest BCUT2D eigenvalue weighted by atomic mass is 16.2. The van der Waals surface area contributed by atoms with E-state index >= 15 is 0 Å². The summed E-state index contributed by atoms with van der Waals surface area (Å²) in [5, 5.41) is 0. The number of aromatic nitrogens is 2. The van der Waals surface area contributed by atoms with Crippen molar-refractivity contribution in [1.82, 2.24) is 14.3 Å². The Morgan fingerprint density at radius 2 is 1.93 bits per heavy atom. The van der Waals surface area contributed by atoms with Crippen molar-refractivity contribution in [3.63, 3.8) is 0 Å². The predicted octanol–water partition coefficient (Wildman–Crippen LogP) is 3.09. The number of piperazine rings is 1. The van der Waals surface area contributed by atoms with Gasteiger partial charge in [0.05, 0.1) is 6.20 Å². The average molecular weight is 388 g/mol. The molecule has 0 spiro atoms. The molecule has 0 N–H and O–H groups in total. The molecule has 0 aliphatic carbocycles. The summed E-state index contributed by atoms with van der Waals surface area (Å²) in [7, 11) is 0. The highest BCUT2D eigenvalue weighted by molar-refractivity contribution is 6.01. The number of imidazole rings is 1. The fourth-order valence-electron chi connectivity index (χ4n) is 3.87. The van der Waals surface area contributed by atoms with Gasteiger partial charge in [-0.05, 0) is 43.0 Å². The number of rotatable bonds is 6. The van der Waals surface area contributed by atoms with Crippen LogP contribution in [0.5, 0.6) is 0 Å². The second kappa shape index (κ2) is 8.31. The summed E-state index contributed by atoms with van der Waals surface area (Å²) in [5.74, 6) is 0.348. The van der Waals surface area contributed by atoms with Crippen LogP contribution in [0.3, 0.4) is 0 Å². The monoisotopic (exact) mass is 388 g/mol. The SMILES string of the molecule is C=CC(=O)N1CCN(c2cn3ccccc3n2)C(=O)C1CCCc1ccccc1. The quantitative estimate of drug-likeness (QED) is 0.610. The van der Waals surface area contributed by atoms with E-state index in [1.54, 1.807) is 9.80 Å². The predicted molar refractivity (Wildman–Crippen MR) is 113 cm³/mol. The molecule has 1 fully saturated rings.